The van der Waals surface area contributed by atoms with Gasteiger partial charge in [-0.25, -0.2) is 9.97 Å². The van der Waals surface area contributed by atoms with Crippen LogP contribution >= 0.6 is 0 Å². The lowest BCUT2D eigenvalue weighted by Gasteiger charge is -2.08. The predicted molar refractivity (Wildman–Crippen MR) is 59.7 cm³/mol. The monoisotopic (exact) mass is 216 g/mol. The fourth-order valence-electron chi connectivity index (χ4n) is 1.33. The van der Waals surface area contributed by atoms with Gasteiger partial charge in [-0.15, -0.1) is 0 Å². The van der Waals surface area contributed by atoms with Crippen molar-refractivity contribution in [1.29, 1.82) is 0 Å². The second kappa shape index (κ2) is 4.18. The number of phenolic OH excluding ortho intramolecular Hbond substituents is 1. The molecule has 1 aromatic heterocycles. The second-order valence-corrected chi connectivity index (χ2v) is 3.44. The number of para-hydroxylation sites is 2. The van der Waals surface area contributed by atoms with Gasteiger partial charge in [0.15, 0.2) is 17.2 Å². The summed E-state index contributed by atoms with van der Waals surface area (Å²) in [6.45, 7) is 3.65. The molecule has 0 fully saturated rings. The molecule has 0 unspecified atom stereocenters. The Hall–Kier alpha value is -2.10. The first-order valence-corrected chi connectivity index (χ1v) is 4.93. The summed E-state index contributed by atoms with van der Waals surface area (Å²) in [5.41, 5.74) is 0.746. The topological polar surface area (TPSA) is 55.2 Å². The summed E-state index contributed by atoms with van der Waals surface area (Å²) >= 11 is 0. The molecular weight excluding hydrogens is 204 g/mol. The van der Waals surface area contributed by atoms with Crippen molar-refractivity contribution >= 4 is 0 Å². The van der Waals surface area contributed by atoms with Crippen molar-refractivity contribution in [2.45, 2.75) is 13.8 Å². The smallest absolute Gasteiger partial charge is 0.169 e. The highest BCUT2D eigenvalue weighted by atomic mass is 16.5. The van der Waals surface area contributed by atoms with E-state index in [1.807, 2.05) is 13.8 Å². The predicted octanol–water partition coefficient (Wildman–Crippen LogP) is 2.59. The minimum absolute atomic E-state index is 0.0995. The third-order valence-electron chi connectivity index (χ3n) is 2.14. The first kappa shape index (κ1) is 10.4. The number of aromatic nitrogens is 2. The van der Waals surface area contributed by atoms with Crippen LogP contribution in [0.15, 0.2) is 30.5 Å². The van der Waals surface area contributed by atoms with Crippen molar-refractivity contribution in [1.82, 2.24) is 9.97 Å². The van der Waals surface area contributed by atoms with E-state index < -0.39 is 0 Å². The number of ether oxygens (including phenoxy) is 1. The molecule has 0 saturated carbocycles. The molecule has 0 spiro atoms. The summed E-state index contributed by atoms with van der Waals surface area (Å²) in [6, 6.07) is 6.79. The van der Waals surface area contributed by atoms with Crippen LogP contribution in [0.1, 0.15) is 11.5 Å². The van der Waals surface area contributed by atoms with E-state index >= 15 is 0 Å². The summed E-state index contributed by atoms with van der Waals surface area (Å²) in [4.78, 5) is 8.23. The van der Waals surface area contributed by atoms with E-state index in [9.17, 15) is 5.11 Å². The third kappa shape index (κ3) is 2.11. The van der Waals surface area contributed by atoms with Crippen molar-refractivity contribution in [2.24, 2.45) is 0 Å². The van der Waals surface area contributed by atoms with Crippen LogP contribution in [0, 0.1) is 13.8 Å². The van der Waals surface area contributed by atoms with Gasteiger partial charge in [0.05, 0.1) is 11.9 Å². The number of hydrogen-bond donors (Lipinski definition) is 1. The zero-order valence-electron chi connectivity index (χ0n) is 9.14. The summed E-state index contributed by atoms with van der Waals surface area (Å²) < 4.78 is 5.52. The Morgan fingerprint density at radius 2 is 1.88 bits per heavy atom. The maximum absolute atomic E-state index is 9.55. The van der Waals surface area contributed by atoms with Crippen LogP contribution in [0.2, 0.25) is 0 Å². The number of rotatable bonds is 2. The van der Waals surface area contributed by atoms with Gasteiger partial charge in [0, 0.05) is 0 Å². The van der Waals surface area contributed by atoms with Gasteiger partial charge in [0.1, 0.15) is 5.82 Å². The minimum atomic E-state index is 0.0995. The van der Waals surface area contributed by atoms with E-state index in [0.717, 1.165) is 5.69 Å². The number of aromatic hydroxyl groups is 1. The molecule has 0 aliphatic heterocycles. The van der Waals surface area contributed by atoms with Crippen LogP contribution in [-0.2, 0) is 0 Å². The molecule has 1 aromatic carbocycles. The maximum Gasteiger partial charge on any atom is 0.169 e. The third-order valence-corrected chi connectivity index (χ3v) is 2.14. The summed E-state index contributed by atoms with van der Waals surface area (Å²) in [5, 5.41) is 9.55. The van der Waals surface area contributed by atoms with Crippen LogP contribution in [0.4, 0.5) is 0 Å². The first-order valence-electron chi connectivity index (χ1n) is 4.93. The van der Waals surface area contributed by atoms with Crippen LogP contribution in [0.5, 0.6) is 17.2 Å². The molecule has 0 aliphatic carbocycles. The number of hydrogen-bond acceptors (Lipinski definition) is 4. The van der Waals surface area contributed by atoms with Gasteiger partial charge in [-0.05, 0) is 26.0 Å². The van der Waals surface area contributed by atoms with Crippen LogP contribution in [0.25, 0.3) is 0 Å². The van der Waals surface area contributed by atoms with Crippen molar-refractivity contribution < 1.29 is 9.84 Å². The molecule has 2 rings (SSSR count). The molecule has 1 N–H and O–H groups in total. The van der Waals surface area contributed by atoms with Gasteiger partial charge in [-0.2, -0.15) is 0 Å². The van der Waals surface area contributed by atoms with Crippen LogP contribution in [0.3, 0.4) is 0 Å². The minimum Gasteiger partial charge on any atom is -0.504 e. The van der Waals surface area contributed by atoms with Crippen LogP contribution < -0.4 is 4.74 Å². The fourth-order valence-corrected chi connectivity index (χ4v) is 1.33. The summed E-state index contributed by atoms with van der Waals surface area (Å²) in [6.07, 6.45) is 1.60. The summed E-state index contributed by atoms with van der Waals surface area (Å²) in [5.74, 6) is 1.75. The Kier molecular flexibility index (Phi) is 2.72. The largest absolute Gasteiger partial charge is 0.504 e. The van der Waals surface area contributed by atoms with E-state index in [-0.39, 0.29) is 5.75 Å². The van der Waals surface area contributed by atoms with Gasteiger partial charge < -0.3 is 9.84 Å². The molecule has 0 aliphatic rings. The lowest BCUT2D eigenvalue weighted by molar-refractivity contribution is 0.407. The molecule has 4 nitrogen and oxygen atoms in total. The molecule has 0 atom stereocenters. The van der Waals surface area contributed by atoms with Gasteiger partial charge in [-0.1, -0.05) is 12.1 Å². The zero-order chi connectivity index (χ0) is 11.5. The van der Waals surface area contributed by atoms with Crippen molar-refractivity contribution in [3.05, 3.63) is 42.0 Å². The molecule has 0 radical (unpaired) electrons. The molecule has 4 heteroatoms. The summed E-state index contributed by atoms with van der Waals surface area (Å²) in [7, 11) is 0. The van der Waals surface area contributed by atoms with Crippen molar-refractivity contribution in [2.75, 3.05) is 0 Å². The highest BCUT2D eigenvalue weighted by Crippen LogP contribution is 2.30. The molecule has 0 bridgehead atoms. The fraction of sp³-hybridized carbons (Fsp3) is 0.167. The van der Waals surface area contributed by atoms with Crippen molar-refractivity contribution in [3.63, 3.8) is 0 Å². The van der Waals surface area contributed by atoms with E-state index in [1.165, 1.54) is 0 Å². The molecule has 82 valence electrons. The quantitative estimate of drug-likeness (QED) is 0.838. The molecule has 2 aromatic rings. The van der Waals surface area contributed by atoms with Gasteiger partial charge in [0.2, 0.25) is 0 Å². The van der Waals surface area contributed by atoms with Gasteiger partial charge in [-0.3, -0.25) is 0 Å². The Bertz CT molecular complexity index is 512. The van der Waals surface area contributed by atoms with Crippen molar-refractivity contribution in [3.8, 4) is 17.2 Å². The SMILES string of the molecule is Cc1ncc(Oc2ccccc2O)c(C)n1. The number of aryl methyl sites for hydroxylation is 2. The average molecular weight is 216 g/mol. The molecule has 1 heterocycles. The lowest BCUT2D eigenvalue weighted by Crippen LogP contribution is -1.95. The zero-order valence-corrected chi connectivity index (χ0v) is 9.14. The number of benzene rings is 1. The normalized spacial score (nSPS) is 10.1. The van der Waals surface area contributed by atoms with Gasteiger partial charge >= 0.3 is 0 Å². The van der Waals surface area contributed by atoms with E-state index in [1.54, 1.807) is 30.5 Å². The first-order chi connectivity index (χ1) is 7.66. The lowest BCUT2D eigenvalue weighted by atomic mass is 10.3. The Morgan fingerprint density at radius 3 is 2.56 bits per heavy atom. The number of nitrogens with zero attached hydrogens (tertiary/aromatic N) is 2. The second-order valence-electron chi connectivity index (χ2n) is 3.44. The number of phenols is 1. The van der Waals surface area contributed by atoms with E-state index in [4.69, 9.17) is 4.74 Å². The Labute approximate surface area is 93.6 Å². The Balaban J connectivity index is 2.31. The molecule has 16 heavy (non-hydrogen) atoms. The average Bonchev–Trinajstić information content (AvgIpc) is 2.25. The maximum atomic E-state index is 9.55. The molecule has 0 saturated heterocycles. The molecule has 0 amide bonds. The van der Waals surface area contributed by atoms with Crippen LogP contribution in [-0.4, -0.2) is 15.1 Å². The van der Waals surface area contributed by atoms with Gasteiger partial charge in [0.25, 0.3) is 0 Å². The highest BCUT2D eigenvalue weighted by Gasteiger charge is 2.06. The molecular formula is C12H12N2O2. The Morgan fingerprint density at radius 1 is 1.12 bits per heavy atom. The van der Waals surface area contributed by atoms with E-state index in [2.05, 4.69) is 9.97 Å². The standard InChI is InChI=1S/C12H12N2O2/c1-8-12(7-13-9(2)14-8)16-11-6-4-3-5-10(11)15/h3-7,15H,1-2H3. The highest BCUT2D eigenvalue weighted by molar-refractivity contribution is 5.41. The van der Waals surface area contributed by atoms with E-state index in [0.29, 0.717) is 17.3 Å².